The van der Waals surface area contributed by atoms with E-state index < -0.39 is 11.9 Å². The Morgan fingerprint density at radius 3 is 2.83 bits per heavy atom. The van der Waals surface area contributed by atoms with E-state index in [0.717, 1.165) is 35.7 Å². The maximum atomic E-state index is 13.1. The number of carbonyl (C=O) groups is 1. The van der Waals surface area contributed by atoms with E-state index in [1.54, 1.807) is 4.57 Å². The van der Waals surface area contributed by atoms with E-state index >= 15 is 0 Å². The van der Waals surface area contributed by atoms with Crippen LogP contribution in [0.2, 0.25) is 0 Å². The molecule has 0 radical (unpaired) electrons. The number of hydrogen-bond donors (Lipinski definition) is 1. The first-order chi connectivity index (χ1) is 11.4. The summed E-state index contributed by atoms with van der Waals surface area (Å²) >= 11 is 1.49. The van der Waals surface area contributed by atoms with Gasteiger partial charge in [-0.25, -0.2) is 4.98 Å². The molecule has 0 spiro atoms. The van der Waals surface area contributed by atoms with E-state index in [9.17, 15) is 14.7 Å². The van der Waals surface area contributed by atoms with Gasteiger partial charge in [0.15, 0.2) is 0 Å². The molecule has 0 aliphatic heterocycles. The van der Waals surface area contributed by atoms with Crippen molar-refractivity contribution in [1.29, 1.82) is 0 Å². The summed E-state index contributed by atoms with van der Waals surface area (Å²) in [5.74, 6) is -0.615. The van der Waals surface area contributed by atoms with Crippen LogP contribution in [0.3, 0.4) is 0 Å². The van der Waals surface area contributed by atoms with Crippen molar-refractivity contribution in [2.24, 2.45) is 0 Å². The number of aryl methyl sites for hydroxylation is 2. The molecule has 0 saturated carbocycles. The van der Waals surface area contributed by atoms with E-state index in [2.05, 4.69) is 9.88 Å². The Balaban J connectivity index is 2.11. The van der Waals surface area contributed by atoms with E-state index in [1.807, 2.05) is 21.0 Å². The number of nitrogens with zero attached hydrogens (tertiary/aromatic N) is 3. The Morgan fingerprint density at radius 2 is 2.21 bits per heavy atom. The minimum Gasteiger partial charge on any atom is -0.481 e. The predicted molar refractivity (Wildman–Crippen MR) is 95.1 cm³/mol. The first-order valence-corrected chi connectivity index (χ1v) is 9.18. The Labute approximate surface area is 144 Å². The lowest BCUT2D eigenvalue weighted by atomic mass is 10.0. The van der Waals surface area contributed by atoms with Gasteiger partial charge in [-0.1, -0.05) is 6.92 Å². The molecule has 1 aliphatic carbocycles. The maximum Gasteiger partial charge on any atom is 0.311 e. The van der Waals surface area contributed by atoms with Crippen LogP contribution in [0.5, 0.6) is 0 Å². The van der Waals surface area contributed by atoms with Crippen LogP contribution >= 0.6 is 11.3 Å². The summed E-state index contributed by atoms with van der Waals surface area (Å²) in [6, 6.07) is 0. The maximum absolute atomic E-state index is 13.1. The molecule has 0 amide bonds. The normalized spacial score (nSPS) is 16.9. The van der Waals surface area contributed by atoms with Gasteiger partial charge in [-0.2, -0.15) is 0 Å². The average Bonchev–Trinajstić information content (AvgIpc) is 3.06. The van der Waals surface area contributed by atoms with Crippen molar-refractivity contribution < 1.29 is 9.90 Å². The van der Waals surface area contributed by atoms with Crippen LogP contribution in [-0.4, -0.2) is 46.2 Å². The number of aromatic nitrogens is 2. The molecule has 2 aromatic heterocycles. The van der Waals surface area contributed by atoms with Gasteiger partial charge >= 0.3 is 5.97 Å². The highest BCUT2D eigenvalue weighted by Crippen LogP contribution is 2.42. The smallest absolute Gasteiger partial charge is 0.311 e. The Morgan fingerprint density at radius 1 is 1.46 bits per heavy atom. The molecule has 2 aromatic rings. The van der Waals surface area contributed by atoms with Gasteiger partial charge in [0.25, 0.3) is 5.56 Å². The van der Waals surface area contributed by atoms with Crippen LogP contribution in [0.25, 0.3) is 10.2 Å². The summed E-state index contributed by atoms with van der Waals surface area (Å²) in [6.45, 7) is 3.51. The van der Waals surface area contributed by atoms with Crippen molar-refractivity contribution >= 4 is 27.5 Å². The molecule has 1 atom stereocenters. The van der Waals surface area contributed by atoms with Crippen LogP contribution in [0, 0.1) is 0 Å². The molecule has 6 nitrogen and oxygen atoms in total. The van der Waals surface area contributed by atoms with Gasteiger partial charge in [0.05, 0.1) is 11.3 Å². The molecule has 0 fully saturated rings. The monoisotopic (exact) mass is 349 g/mol. The topological polar surface area (TPSA) is 75.4 Å². The van der Waals surface area contributed by atoms with Crippen LogP contribution in [0.1, 0.15) is 41.9 Å². The average molecular weight is 349 g/mol. The lowest BCUT2D eigenvalue weighted by Gasteiger charge is -2.14. The molecular weight excluding hydrogens is 326 g/mol. The number of aliphatic carboxylic acids is 1. The number of thiophene rings is 1. The van der Waals surface area contributed by atoms with Gasteiger partial charge in [0, 0.05) is 17.8 Å². The molecule has 24 heavy (non-hydrogen) atoms. The van der Waals surface area contributed by atoms with Crippen molar-refractivity contribution in [2.45, 2.75) is 45.1 Å². The molecule has 1 unspecified atom stereocenters. The lowest BCUT2D eigenvalue weighted by molar-refractivity contribution is -0.138. The molecule has 0 aromatic carbocycles. The Bertz CT molecular complexity index is 838. The van der Waals surface area contributed by atoms with Gasteiger partial charge in [-0.3, -0.25) is 14.2 Å². The minimum atomic E-state index is -0.841. The third kappa shape index (κ3) is 2.86. The first kappa shape index (κ1) is 17.1. The number of carboxylic acid groups (broad SMARTS) is 1. The van der Waals surface area contributed by atoms with Crippen LogP contribution < -0.4 is 5.56 Å². The van der Waals surface area contributed by atoms with Crippen molar-refractivity contribution in [2.75, 3.05) is 20.6 Å². The highest BCUT2D eigenvalue weighted by atomic mass is 32.1. The van der Waals surface area contributed by atoms with Gasteiger partial charge in [-0.05, 0) is 45.5 Å². The predicted octanol–water partition coefficient (Wildman–Crippen LogP) is 2.09. The summed E-state index contributed by atoms with van der Waals surface area (Å²) < 4.78 is 1.75. The zero-order chi connectivity index (χ0) is 17.4. The molecule has 1 aliphatic rings. The van der Waals surface area contributed by atoms with Crippen molar-refractivity contribution in [3.8, 4) is 0 Å². The molecule has 1 N–H and O–H groups in total. The standard InChI is InChI=1S/C17H23N3O3S/c1-4-12-18-15-14(16(21)20(12)9-5-8-19(2)3)13-10(17(22)23)6-7-11(13)24-15/h10H,4-9H2,1-3H3,(H,22,23). The number of carboxylic acids is 1. The van der Waals surface area contributed by atoms with Crippen LogP contribution in [-0.2, 0) is 24.2 Å². The van der Waals surface area contributed by atoms with Gasteiger partial charge in [0.2, 0.25) is 0 Å². The largest absolute Gasteiger partial charge is 0.481 e. The summed E-state index contributed by atoms with van der Waals surface area (Å²) in [6.07, 6.45) is 2.87. The molecule has 7 heteroatoms. The molecule has 2 heterocycles. The highest BCUT2D eigenvalue weighted by Gasteiger charge is 2.34. The van der Waals surface area contributed by atoms with E-state index in [1.165, 1.54) is 11.3 Å². The summed E-state index contributed by atoms with van der Waals surface area (Å²) in [5.41, 5.74) is 0.658. The number of fused-ring (bicyclic) bond motifs is 3. The van der Waals surface area contributed by atoms with Crippen molar-refractivity contribution in [3.05, 3.63) is 26.6 Å². The highest BCUT2D eigenvalue weighted by molar-refractivity contribution is 7.18. The van der Waals surface area contributed by atoms with Crippen LogP contribution in [0.15, 0.2) is 4.79 Å². The number of rotatable bonds is 6. The van der Waals surface area contributed by atoms with Crippen LogP contribution in [0.4, 0.5) is 0 Å². The Hall–Kier alpha value is -1.73. The van der Waals surface area contributed by atoms with E-state index in [4.69, 9.17) is 0 Å². The van der Waals surface area contributed by atoms with E-state index in [0.29, 0.717) is 29.6 Å². The van der Waals surface area contributed by atoms with Gasteiger partial charge in [0.1, 0.15) is 10.7 Å². The van der Waals surface area contributed by atoms with Gasteiger partial charge in [-0.15, -0.1) is 11.3 Å². The zero-order valence-electron chi connectivity index (χ0n) is 14.3. The third-order valence-corrected chi connectivity index (χ3v) is 5.77. The van der Waals surface area contributed by atoms with Crippen molar-refractivity contribution in [1.82, 2.24) is 14.5 Å². The fourth-order valence-corrected chi connectivity index (χ4v) is 4.72. The zero-order valence-corrected chi connectivity index (χ0v) is 15.2. The summed E-state index contributed by atoms with van der Waals surface area (Å²) in [4.78, 5) is 33.1. The second-order valence-electron chi connectivity index (χ2n) is 6.54. The molecule has 3 rings (SSSR count). The molecular formula is C17H23N3O3S. The second kappa shape index (κ2) is 6.64. The Kier molecular flexibility index (Phi) is 4.73. The number of hydrogen-bond acceptors (Lipinski definition) is 5. The first-order valence-electron chi connectivity index (χ1n) is 8.36. The quantitative estimate of drug-likeness (QED) is 0.864. The van der Waals surface area contributed by atoms with E-state index in [-0.39, 0.29) is 5.56 Å². The lowest BCUT2D eigenvalue weighted by Crippen LogP contribution is -2.27. The fraction of sp³-hybridized carbons (Fsp3) is 0.588. The van der Waals surface area contributed by atoms with Crippen molar-refractivity contribution in [3.63, 3.8) is 0 Å². The molecule has 0 saturated heterocycles. The molecule has 130 valence electrons. The fourth-order valence-electron chi connectivity index (χ4n) is 3.46. The SMILES string of the molecule is CCc1nc2sc3c(c2c(=O)n1CCCN(C)C)C(C(=O)O)CC3. The minimum absolute atomic E-state index is 0.0683. The third-order valence-electron chi connectivity index (χ3n) is 4.61. The van der Waals surface area contributed by atoms with Gasteiger partial charge < -0.3 is 10.0 Å². The second-order valence-corrected chi connectivity index (χ2v) is 7.63. The summed E-state index contributed by atoms with van der Waals surface area (Å²) in [7, 11) is 4.02. The molecule has 0 bridgehead atoms. The summed E-state index contributed by atoms with van der Waals surface area (Å²) in [5, 5.41) is 10.0.